The molecule has 2 N–H and O–H groups in total. The Kier molecular flexibility index (Phi) is 4.36. The van der Waals surface area contributed by atoms with E-state index in [4.69, 9.17) is 5.73 Å². The standard InChI is InChI=1S/C11H14BrN3O2S/c12-9-2-1-8(18-9)11(17)15-5-3-14(4-6-15)7-10(13)16/h1-2H,3-7H2,(H2,13,16). The van der Waals surface area contributed by atoms with Gasteiger partial charge in [-0.05, 0) is 28.1 Å². The maximum atomic E-state index is 12.1. The maximum Gasteiger partial charge on any atom is 0.264 e. The lowest BCUT2D eigenvalue weighted by atomic mass is 10.3. The van der Waals surface area contributed by atoms with Gasteiger partial charge in [-0.25, -0.2) is 0 Å². The van der Waals surface area contributed by atoms with E-state index < -0.39 is 0 Å². The van der Waals surface area contributed by atoms with Crippen LogP contribution < -0.4 is 5.73 Å². The van der Waals surface area contributed by atoms with E-state index in [2.05, 4.69) is 15.9 Å². The summed E-state index contributed by atoms with van der Waals surface area (Å²) in [4.78, 5) is 27.5. The first-order chi connectivity index (χ1) is 8.56. The molecule has 0 saturated carbocycles. The fraction of sp³-hybridized carbons (Fsp3) is 0.455. The summed E-state index contributed by atoms with van der Waals surface area (Å²) in [6, 6.07) is 3.70. The van der Waals surface area contributed by atoms with Gasteiger partial charge in [0.1, 0.15) is 0 Å². The zero-order valence-corrected chi connectivity index (χ0v) is 12.2. The molecule has 1 aromatic rings. The lowest BCUT2D eigenvalue weighted by Crippen LogP contribution is -2.50. The van der Waals surface area contributed by atoms with Gasteiger partial charge in [0.25, 0.3) is 5.91 Å². The molecule has 0 radical (unpaired) electrons. The molecule has 1 aliphatic rings. The van der Waals surface area contributed by atoms with Gasteiger partial charge in [0.2, 0.25) is 5.91 Å². The van der Waals surface area contributed by atoms with Crippen molar-refractivity contribution < 1.29 is 9.59 Å². The number of rotatable bonds is 3. The number of hydrogen-bond donors (Lipinski definition) is 1. The van der Waals surface area contributed by atoms with Gasteiger partial charge in [-0.3, -0.25) is 14.5 Å². The highest BCUT2D eigenvalue weighted by Crippen LogP contribution is 2.23. The third kappa shape index (κ3) is 3.30. The van der Waals surface area contributed by atoms with Crippen molar-refractivity contribution in [2.24, 2.45) is 5.73 Å². The zero-order chi connectivity index (χ0) is 13.1. The first-order valence-electron chi connectivity index (χ1n) is 5.61. The minimum absolute atomic E-state index is 0.0597. The molecule has 0 atom stereocenters. The molecule has 5 nitrogen and oxygen atoms in total. The second kappa shape index (κ2) is 5.81. The summed E-state index contributed by atoms with van der Waals surface area (Å²) in [6.07, 6.45) is 0. The van der Waals surface area contributed by atoms with Crippen molar-refractivity contribution in [3.05, 3.63) is 20.8 Å². The van der Waals surface area contributed by atoms with Crippen LogP contribution in [0.2, 0.25) is 0 Å². The Labute approximate surface area is 118 Å². The molecule has 2 amide bonds. The molecule has 0 spiro atoms. The number of nitrogens with zero attached hydrogens (tertiary/aromatic N) is 2. The van der Waals surface area contributed by atoms with Crippen molar-refractivity contribution in [3.8, 4) is 0 Å². The van der Waals surface area contributed by atoms with Gasteiger partial charge in [-0.2, -0.15) is 0 Å². The number of nitrogens with two attached hydrogens (primary N) is 1. The zero-order valence-electron chi connectivity index (χ0n) is 9.76. The number of primary amides is 1. The van der Waals surface area contributed by atoms with Gasteiger partial charge in [-0.15, -0.1) is 11.3 Å². The van der Waals surface area contributed by atoms with Crippen molar-refractivity contribution in [1.82, 2.24) is 9.80 Å². The molecule has 0 aromatic carbocycles. The third-order valence-electron chi connectivity index (χ3n) is 2.82. The first-order valence-corrected chi connectivity index (χ1v) is 7.22. The Bertz CT molecular complexity index is 455. The second-order valence-corrected chi connectivity index (χ2v) is 6.60. The summed E-state index contributed by atoms with van der Waals surface area (Å²) in [6.45, 7) is 2.94. The predicted octanol–water partition coefficient (Wildman–Crippen LogP) is 0.754. The minimum Gasteiger partial charge on any atom is -0.369 e. The SMILES string of the molecule is NC(=O)CN1CCN(C(=O)c2ccc(Br)s2)CC1. The van der Waals surface area contributed by atoms with Gasteiger partial charge in [-0.1, -0.05) is 0 Å². The van der Waals surface area contributed by atoms with Gasteiger partial charge < -0.3 is 10.6 Å². The van der Waals surface area contributed by atoms with Gasteiger partial charge in [0.15, 0.2) is 0 Å². The van der Waals surface area contributed by atoms with Crippen LogP contribution in [0.5, 0.6) is 0 Å². The number of thiophene rings is 1. The van der Waals surface area contributed by atoms with E-state index in [0.717, 1.165) is 8.66 Å². The molecule has 2 rings (SSSR count). The van der Waals surface area contributed by atoms with Crippen molar-refractivity contribution in [2.75, 3.05) is 32.7 Å². The van der Waals surface area contributed by atoms with Gasteiger partial charge in [0.05, 0.1) is 15.2 Å². The molecule has 18 heavy (non-hydrogen) atoms. The molecule has 1 aliphatic heterocycles. The second-order valence-electron chi connectivity index (χ2n) is 4.14. The number of carbonyl (C=O) groups is 2. The quantitative estimate of drug-likeness (QED) is 0.888. The van der Waals surface area contributed by atoms with E-state index >= 15 is 0 Å². The van der Waals surface area contributed by atoms with Crippen molar-refractivity contribution in [3.63, 3.8) is 0 Å². The lowest BCUT2D eigenvalue weighted by Gasteiger charge is -2.33. The number of hydrogen-bond acceptors (Lipinski definition) is 4. The van der Waals surface area contributed by atoms with Crippen LogP contribution >= 0.6 is 27.3 Å². The number of carbonyl (C=O) groups excluding carboxylic acids is 2. The highest BCUT2D eigenvalue weighted by molar-refractivity contribution is 9.11. The number of halogens is 1. The molecular formula is C11H14BrN3O2S. The fourth-order valence-corrected chi connectivity index (χ4v) is 3.27. The van der Waals surface area contributed by atoms with E-state index in [9.17, 15) is 9.59 Å². The molecule has 7 heteroatoms. The fourth-order valence-electron chi connectivity index (χ4n) is 1.91. The van der Waals surface area contributed by atoms with Crippen molar-refractivity contribution in [2.45, 2.75) is 0 Å². The maximum absolute atomic E-state index is 12.1. The summed E-state index contributed by atoms with van der Waals surface area (Å²) < 4.78 is 0.957. The topological polar surface area (TPSA) is 66.6 Å². The van der Waals surface area contributed by atoms with Crippen molar-refractivity contribution >= 4 is 39.1 Å². The average Bonchev–Trinajstić information content (AvgIpc) is 2.75. The van der Waals surface area contributed by atoms with Crippen LogP contribution in [0.15, 0.2) is 15.9 Å². The Morgan fingerprint density at radius 2 is 1.94 bits per heavy atom. The summed E-state index contributed by atoms with van der Waals surface area (Å²) in [5, 5.41) is 0. The van der Waals surface area contributed by atoms with Crippen LogP contribution in [0.3, 0.4) is 0 Å². The van der Waals surface area contributed by atoms with Crippen LogP contribution in [-0.4, -0.2) is 54.3 Å². The van der Waals surface area contributed by atoms with E-state index in [0.29, 0.717) is 26.2 Å². The minimum atomic E-state index is -0.322. The number of piperazine rings is 1. The van der Waals surface area contributed by atoms with Crippen LogP contribution in [-0.2, 0) is 4.79 Å². The van der Waals surface area contributed by atoms with E-state index in [1.807, 2.05) is 21.9 Å². The highest BCUT2D eigenvalue weighted by Gasteiger charge is 2.23. The smallest absolute Gasteiger partial charge is 0.264 e. The Morgan fingerprint density at radius 3 is 2.44 bits per heavy atom. The van der Waals surface area contributed by atoms with E-state index in [1.54, 1.807) is 0 Å². The van der Waals surface area contributed by atoms with E-state index in [1.165, 1.54) is 11.3 Å². The molecule has 1 aromatic heterocycles. The Morgan fingerprint density at radius 1 is 1.28 bits per heavy atom. The summed E-state index contributed by atoms with van der Waals surface area (Å²) >= 11 is 4.79. The van der Waals surface area contributed by atoms with Gasteiger partial charge >= 0.3 is 0 Å². The molecule has 0 bridgehead atoms. The molecule has 0 unspecified atom stereocenters. The summed E-state index contributed by atoms with van der Waals surface area (Å²) in [5.41, 5.74) is 5.15. The van der Waals surface area contributed by atoms with Crippen LogP contribution in [0, 0.1) is 0 Å². The van der Waals surface area contributed by atoms with Crippen LogP contribution in [0.25, 0.3) is 0 Å². The van der Waals surface area contributed by atoms with Crippen LogP contribution in [0.4, 0.5) is 0 Å². The van der Waals surface area contributed by atoms with Crippen molar-refractivity contribution in [1.29, 1.82) is 0 Å². The monoisotopic (exact) mass is 331 g/mol. The largest absolute Gasteiger partial charge is 0.369 e. The predicted molar refractivity (Wildman–Crippen MR) is 73.6 cm³/mol. The van der Waals surface area contributed by atoms with E-state index in [-0.39, 0.29) is 18.4 Å². The molecule has 1 fully saturated rings. The molecule has 98 valence electrons. The Balaban J connectivity index is 1.90. The van der Waals surface area contributed by atoms with Gasteiger partial charge in [0, 0.05) is 26.2 Å². The average molecular weight is 332 g/mol. The highest BCUT2D eigenvalue weighted by atomic mass is 79.9. The molecular weight excluding hydrogens is 318 g/mol. The Hall–Kier alpha value is -0.920. The number of amides is 2. The summed E-state index contributed by atoms with van der Waals surface area (Å²) in [7, 11) is 0. The first kappa shape index (κ1) is 13.5. The van der Waals surface area contributed by atoms with Crippen LogP contribution in [0.1, 0.15) is 9.67 Å². The summed E-state index contributed by atoms with van der Waals surface area (Å²) in [5.74, 6) is -0.263. The lowest BCUT2D eigenvalue weighted by molar-refractivity contribution is -0.119. The molecule has 1 saturated heterocycles. The molecule has 0 aliphatic carbocycles. The normalized spacial score (nSPS) is 16.8. The molecule has 2 heterocycles. The third-order valence-corrected chi connectivity index (χ3v) is 4.43.